The van der Waals surface area contributed by atoms with E-state index in [-0.39, 0.29) is 16.6 Å². The van der Waals surface area contributed by atoms with Crippen molar-refractivity contribution in [3.63, 3.8) is 0 Å². The third-order valence-corrected chi connectivity index (χ3v) is 5.28. The zero-order valence-electron chi connectivity index (χ0n) is 12.9. The van der Waals surface area contributed by atoms with Gasteiger partial charge in [0.15, 0.2) is 11.5 Å². The van der Waals surface area contributed by atoms with Gasteiger partial charge in [0.2, 0.25) is 5.95 Å². The zero-order chi connectivity index (χ0) is 16.6. The molecule has 1 aliphatic heterocycles. The number of para-hydroxylation sites is 1. The highest BCUT2D eigenvalue weighted by atomic mass is 32.2. The fourth-order valence-corrected chi connectivity index (χ4v) is 3.69. The largest absolute Gasteiger partial charge is 0.490 e. The van der Waals surface area contributed by atoms with Crippen LogP contribution in [0.4, 0.5) is 5.95 Å². The van der Waals surface area contributed by atoms with Crippen molar-refractivity contribution in [2.24, 2.45) is 0 Å². The van der Waals surface area contributed by atoms with Gasteiger partial charge in [-0.25, -0.2) is 23.1 Å². The average Bonchev–Trinajstić information content (AvgIpc) is 3.41. The van der Waals surface area contributed by atoms with Gasteiger partial charge in [0.05, 0.1) is 13.2 Å². The number of hydrogen-bond donors (Lipinski definition) is 1. The van der Waals surface area contributed by atoms with Crippen LogP contribution in [0.3, 0.4) is 0 Å². The van der Waals surface area contributed by atoms with E-state index in [4.69, 9.17) is 9.47 Å². The highest BCUT2D eigenvalue weighted by Crippen LogP contribution is 2.39. The van der Waals surface area contributed by atoms with Crippen molar-refractivity contribution in [1.82, 2.24) is 9.97 Å². The van der Waals surface area contributed by atoms with E-state index in [1.54, 1.807) is 18.3 Å². The maximum atomic E-state index is 12.8. The number of ether oxygens (including phenoxy) is 2. The van der Waals surface area contributed by atoms with Crippen LogP contribution in [0.5, 0.6) is 11.5 Å². The van der Waals surface area contributed by atoms with E-state index >= 15 is 0 Å². The first kappa shape index (κ1) is 15.2. The number of anilines is 1. The summed E-state index contributed by atoms with van der Waals surface area (Å²) in [6, 6.07) is 6.63. The summed E-state index contributed by atoms with van der Waals surface area (Å²) in [4.78, 5) is 8.35. The number of nitrogens with one attached hydrogen (secondary N) is 1. The molecule has 7 nitrogen and oxygen atoms in total. The number of rotatable bonds is 4. The molecule has 1 aromatic heterocycles. The minimum Gasteiger partial charge on any atom is -0.490 e. The van der Waals surface area contributed by atoms with E-state index in [0.29, 0.717) is 31.3 Å². The van der Waals surface area contributed by atoms with Gasteiger partial charge in [0.25, 0.3) is 10.0 Å². The lowest BCUT2D eigenvalue weighted by molar-refractivity contribution is 0.294. The zero-order valence-corrected chi connectivity index (χ0v) is 13.8. The van der Waals surface area contributed by atoms with E-state index in [1.165, 1.54) is 6.07 Å². The Bertz CT molecular complexity index is 865. The van der Waals surface area contributed by atoms with E-state index in [0.717, 1.165) is 18.5 Å². The number of aromatic nitrogens is 2. The molecule has 1 fully saturated rings. The summed E-state index contributed by atoms with van der Waals surface area (Å²) in [7, 11) is -3.87. The molecule has 1 saturated carbocycles. The molecule has 0 radical (unpaired) electrons. The van der Waals surface area contributed by atoms with Crippen molar-refractivity contribution in [1.29, 1.82) is 0 Å². The fourth-order valence-electron chi connectivity index (χ4n) is 2.58. The first-order valence-electron chi connectivity index (χ1n) is 7.88. The maximum absolute atomic E-state index is 12.8. The smallest absolute Gasteiger partial charge is 0.268 e. The Kier molecular flexibility index (Phi) is 3.76. The topological polar surface area (TPSA) is 90.4 Å². The molecule has 2 aromatic rings. The monoisotopic (exact) mass is 347 g/mol. The minimum absolute atomic E-state index is 0.0299. The summed E-state index contributed by atoms with van der Waals surface area (Å²) >= 11 is 0. The Morgan fingerprint density at radius 3 is 2.79 bits per heavy atom. The molecule has 0 atom stereocenters. The molecule has 24 heavy (non-hydrogen) atoms. The van der Waals surface area contributed by atoms with Gasteiger partial charge in [-0.05, 0) is 31.0 Å². The second-order valence-corrected chi connectivity index (χ2v) is 7.47. The quantitative estimate of drug-likeness (QED) is 0.913. The van der Waals surface area contributed by atoms with Crippen molar-refractivity contribution in [3.05, 3.63) is 36.2 Å². The number of nitrogens with zero attached hydrogens (tertiary/aromatic N) is 2. The molecule has 1 N–H and O–H groups in total. The van der Waals surface area contributed by atoms with Gasteiger partial charge in [0.1, 0.15) is 4.90 Å². The van der Waals surface area contributed by atoms with Crippen LogP contribution in [-0.4, -0.2) is 31.6 Å². The molecule has 0 saturated heterocycles. The fraction of sp³-hybridized carbons (Fsp3) is 0.375. The molecule has 8 heteroatoms. The molecular weight excluding hydrogens is 330 g/mol. The number of sulfonamides is 1. The predicted molar refractivity (Wildman–Crippen MR) is 86.9 cm³/mol. The lowest BCUT2D eigenvalue weighted by atomic mass is 10.3. The van der Waals surface area contributed by atoms with Gasteiger partial charge >= 0.3 is 0 Å². The van der Waals surface area contributed by atoms with Crippen LogP contribution < -0.4 is 14.2 Å². The summed E-state index contributed by atoms with van der Waals surface area (Å²) in [6.45, 7) is 0.906. The van der Waals surface area contributed by atoms with Gasteiger partial charge in [-0.2, -0.15) is 0 Å². The van der Waals surface area contributed by atoms with Gasteiger partial charge < -0.3 is 9.47 Å². The van der Waals surface area contributed by atoms with Crippen molar-refractivity contribution >= 4 is 16.0 Å². The third kappa shape index (κ3) is 3.01. The second-order valence-electron chi connectivity index (χ2n) is 5.82. The Hall–Kier alpha value is -2.35. The molecular formula is C16H17N3O4S. The van der Waals surface area contributed by atoms with Crippen LogP contribution in [0.25, 0.3) is 0 Å². The molecule has 0 amide bonds. The highest BCUT2D eigenvalue weighted by Gasteiger charge is 2.27. The summed E-state index contributed by atoms with van der Waals surface area (Å²) in [5.74, 6) is 1.16. The Balaban J connectivity index is 1.67. The van der Waals surface area contributed by atoms with Gasteiger partial charge in [-0.1, -0.05) is 6.07 Å². The van der Waals surface area contributed by atoms with Crippen LogP contribution in [-0.2, 0) is 10.0 Å². The first-order chi connectivity index (χ1) is 11.6. The summed E-state index contributed by atoms with van der Waals surface area (Å²) in [6.07, 6.45) is 4.44. The van der Waals surface area contributed by atoms with E-state index in [9.17, 15) is 8.42 Å². The number of hydrogen-bond acceptors (Lipinski definition) is 6. The predicted octanol–water partition coefficient (Wildman–Crippen LogP) is 2.32. The summed E-state index contributed by atoms with van der Waals surface area (Å²) in [5.41, 5.74) is 0.870. The molecule has 0 spiro atoms. The molecule has 1 aromatic carbocycles. The number of fused-ring (bicyclic) bond motifs is 1. The van der Waals surface area contributed by atoms with Crippen LogP contribution >= 0.6 is 0 Å². The Morgan fingerprint density at radius 2 is 1.96 bits per heavy atom. The molecule has 1 aliphatic carbocycles. The maximum Gasteiger partial charge on any atom is 0.268 e. The molecule has 0 bridgehead atoms. The molecule has 4 rings (SSSR count). The number of benzene rings is 1. The van der Waals surface area contributed by atoms with E-state index in [2.05, 4.69) is 14.7 Å². The summed E-state index contributed by atoms with van der Waals surface area (Å²) < 4.78 is 39.1. The minimum atomic E-state index is -3.87. The van der Waals surface area contributed by atoms with E-state index in [1.807, 2.05) is 6.07 Å². The van der Waals surface area contributed by atoms with Crippen molar-refractivity contribution in [2.75, 3.05) is 17.9 Å². The van der Waals surface area contributed by atoms with Crippen LogP contribution in [0.15, 0.2) is 35.4 Å². The van der Waals surface area contributed by atoms with Crippen LogP contribution in [0.2, 0.25) is 0 Å². The SMILES string of the molecule is O=S(=O)(Nc1nccc(C2CC2)n1)c1cccc2c1OCCCO2. The van der Waals surface area contributed by atoms with Crippen molar-refractivity contribution < 1.29 is 17.9 Å². The van der Waals surface area contributed by atoms with Crippen LogP contribution in [0, 0.1) is 0 Å². The van der Waals surface area contributed by atoms with Crippen molar-refractivity contribution in [2.45, 2.75) is 30.1 Å². The summed E-state index contributed by atoms with van der Waals surface area (Å²) in [5, 5.41) is 0. The standard InChI is InChI=1S/C16H17N3O4S/c20-24(21,19-16-17-8-7-12(18-16)11-5-6-11)14-4-1-3-13-15(14)23-10-2-9-22-13/h1,3-4,7-8,11H,2,5-6,9-10H2,(H,17,18,19). The average molecular weight is 347 g/mol. The third-order valence-electron chi connectivity index (χ3n) is 3.92. The lowest BCUT2D eigenvalue weighted by Crippen LogP contribution is -2.16. The Labute approximate surface area is 140 Å². The van der Waals surface area contributed by atoms with Gasteiger partial charge in [0, 0.05) is 24.2 Å². The molecule has 126 valence electrons. The van der Waals surface area contributed by atoms with Gasteiger partial charge in [-0.15, -0.1) is 0 Å². The second kappa shape index (κ2) is 5.94. The normalized spacial score (nSPS) is 17.2. The van der Waals surface area contributed by atoms with Gasteiger partial charge in [-0.3, -0.25) is 0 Å². The first-order valence-corrected chi connectivity index (χ1v) is 9.36. The molecule has 0 unspecified atom stereocenters. The Morgan fingerprint density at radius 1 is 1.12 bits per heavy atom. The van der Waals surface area contributed by atoms with Crippen molar-refractivity contribution in [3.8, 4) is 11.5 Å². The van der Waals surface area contributed by atoms with E-state index < -0.39 is 10.0 Å². The lowest BCUT2D eigenvalue weighted by Gasteiger charge is -2.13. The molecule has 2 heterocycles. The van der Waals surface area contributed by atoms with Crippen LogP contribution in [0.1, 0.15) is 30.9 Å². The molecule has 2 aliphatic rings. The highest BCUT2D eigenvalue weighted by molar-refractivity contribution is 7.92.